The number of hydrogen-bond acceptors (Lipinski definition) is 14. The number of amides is 3. The number of aldehydes is 1. The Kier molecular flexibility index (Phi) is 19.8. The number of rotatable bonds is 17. The number of ether oxygens (including phenoxy) is 2. The minimum Gasteiger partial charge on any atom is -0.494 e. The molecule has 0 fully saturated rings. The number of aromatic nitrogens is 6. The number of imidazole rings is 1. The first-order valence-corrected chi connectivity index (χ1v) is 21.2. The summed E-state index contributed by atoms with van der Waals surface area (Å²) >= 11 is 0. The minimum absolute atomic E-state index is 0.0900. The lowest BCUT2D eigenvalue weighted by Gasteiger charge is -2.27. The van der Waals surface area contributed by atoms with Gasteiger partial charge in [0.15, 0.2) is 12.6 Å². The third kappa shape index (κ3) is 12.8. The van der Waals surface area contributed by atoms with Gasteiger partial charge in [-0.05, 0) is 90.4 Å². The molecule has 0 spiro atoms. The van der Waals surface area contributed by atoms with Crippen LogP contribution in [0.15, 0.2) is 48.6 Å². The lowest BCUT2D eigenvalue weighted by molar-refractivity contribution is -0.106. The number of hydrazine groups is 1. The van der Waals surface area contributed by atoms with E-state index in [1.165, 1.54) is 7.11 Å². The molecule has 2 aromatic carbocycles. The zero-order valence-corrected chi connectivity index (χ0v) is 38.9. The van der Waals surface area contributed by atoms with Crippen molar-refractivity contribution >= 4 is 52.9 Å². The Labute approximate surface area is 374 Å². The molecule has 1 aliphatic heterocycles. The molecule has 1 aliphatic rings. The van der Waals surface area contributed by atoms with Crippen LogP contribution in [0.25, 0.3) is 11.0 Å². The van der Waals surface area contributed by atoms with Gasteiger partial charge < -0.3 is 46.4 Å². The Bertz CT molecular complexity index is 2370. The lowest BCUT2D eigenvalue weighted by Crippen LogP contribution is -2.50. The fourth-order valence-electron chi connectivity index (χ4n) is 7.08. The number of methoxy groups -OCH3 is 1. The summed E-state index contributed by atoms with van der Waals surface area (Å²) in [5.41, 5.74) is 19.6. The van der Waals surface area contributed by atoms with Crippen LogP contribution in [0.2, 0.25) is 0 Å². The fraction of sp³-hybridized carbons (Fsp3) is 0.432. The number of nitrogens with zero attached hydrogens (tertiary/aromatic N) is 7. The molecular formula is C44H66N14O6. The van der Waals surface area contributed by atoms with E-state index in [0.717, 1.165) is 53.0 Å². The van der Waals surface area contributed by atoms with Gasteiger partial charge in [-0.1, -0.05) is 26.0 Å². The van der Waals surface area contributed by atoms with Gasteiger partial charge in [-0.2, -0.15) is 10.2 Å². The van der Waals surface area contributed by atoms with Crippen molar-refractivity contribution < 1.29 is 28.7 Å². The molecule has 20 heteroatoms. The molecule has 6 rings (SSSR count). The van der Waals surface area contributed by atoms with Crippen LogP contribution in [-0.4, -0.2) is 92.8 Å². The number of carbonyl (C=O) groups is 4. The van der Waals surface area contributed by atoms with Gasteiger partial charge in [0.1, 0.15) is 34.1 Å². The Hall–Kier alpha value is -6.93. The smallest absolute Gasteiger partial charge is 0.272 e. The molecule has 0 aliphatic carbocycles. The number of nitrogens with one attached hydrogen (secondary N) is 4. The standard InChI is InChI=1S/C34H47N11O4.C7H10N2O.C2H6.CH3NO/c1-8-45-26(16-21(4)42-45)32(47)40-34-39-25-17-23(31(35)46)18-27(48-7)29(25)44(34)12-10-9-11-43-30-24(38-33(43)37-6)13-19(2)14-28(30)49-22(5)15-20(3)41-36;1-3-9-7(5-10)4-6(2)8-9;1-2;2-1-3/h9-10,13-14,16-18,20,22,34,39,41H,8,11-12,15,36H2,1-7H3,(H2,35,46)(H,37,38)(H,40,47);4-5H,3H2,1-2H3;1-2H3;1H,(H2,2,3)/b10-9+;;;. The van der Waals surface area contributed by atoms with E-state index in [1.807, 2.05) is 98.5 Å². The van der Waals surface area contributed by atoms with Crippen LogP contribution in [0.1, 0.15) is 96.2 Å². The predicted molar refractivity (Wildman–Crippen MR) is 251 cm³/mol. The first-order chi connectivity index (χ1) is 30.7. The van der Waals surface area contributed by atoms with Crippen LogP contribution >= 0.6 is 0 Å². The Morgan fingerprint density at radius 3 is 2.16 bits per heavy atom. The van der Waals surface area contributed by atoms with Crippen LogP contribution in [0.3, 0.4) is 0 Å². The number of primary amides is 2. The van der Waals surface area contributed by atoms with Gasteiger partial charge >= 0.3 is 0 Å². The zero-order chi connectivity index (χ0) is 47.7. The summed E-state index contributed by atoms with van der Waals surface area (Å²) in [5.74, 6) is 6.63. The zero-order valence-electron chi connectivity index (χ0n) is 38.9. The van der Waals surface area contributed by atoms with Crippen molar-refractivity contribution in [3.63, 3.8) is 0 Å². The highest BCUT2D eigenvalue weighted by Crippen LogP contribution is 2.43. The number of nitrogens with two attached hydrogens (primary N) is 3. The van der Waals surface area contributed by atoms with Gasteiger partial charge in [-0.25, -0.2) is 4.98 Å². The summed E-state index contributed by atoms with van der Waals surface area (Å²) in [5, 5.41) is 18.1. The van der Waals surface area contributed by atoms with E-state index in [9.17, 15) is 14.4 Å². The normalized spacial score (nSPS) is 13.5. The van der Waals surface area contributed by atoms with Crippen molar-refractivity contribution in [2.45, 2.75) is 107 Å². The molecule has 3 amide bonds. The van der Waals surface area contributed by atoms with E-state index in [2.05, 4.69) is 41.9 Å². The highest BCUT2D eigenvalue weighted by Gasteiger charge is 2.34. The number of allylic oxidation sites excluding steroid dienone is 1. The number of anilines is 3. The maximum atomic E-state index is 13.5. The number of fused-ring (bicyclic) bond motifs is 2. The summed E-state index contributed by atoms with van der Waals surface area (Å²) in [6, 6.07) is 10.9. The second-order valence-electron chi connectivity index (χ2n) is 14.5. The molecule has 3 unspecified atom stereocenters. The minimum atomic E-state index is -0.665. The van der Waals surface area contributed by atoms with Crippen LogP contribution in [-0.2, 0) is 24.4 Å². The summed E-state index contributed by atoms with van der Waals surface area (Å²) in [7, 11) is 3.37. The number of carbonyl (C=O) groups excluding carboxylic acids is 4. The number of hydrogen-bond donors (Lipinski definition) is 7. The Morgan fingerprint density at radius 1 is 0.938 bits per heavy atom. The Morgan fingerprint density at radius 2 is 1.58 bits per heavy atom. The average Bonchev–Trinajstić information content (AvgIpc) is 4.04. The van der Waals surface area contributed by atoms with Crippen molar-refractivity contribution in [2.24, 2.45) is 17.3 Å². The van der Waals surface area contributed by atoms with E-state index < -0.39 is 12.2 Å². The monoisotopic (exact) mass is 887 g/mol. The van der Waals surface area contributed by atoms with Gasteiger partial charge in [-0.3, -0.25) is 39.8 Å². The van der Waals surface area contributed by atoms with Crippen molar-refractivity contribution in [3.05, 3.63) is 82.5 Å². The Balaban J connectivity index is 0.000000622. The molecule has 10 N–H and O–H groups in total. The molecular weight excluding hydrogens is 821 g/mol. The highest BCUT2D eigenvalue weighted by molar-refractivity contribution is 5.99. The molecule has 64 heavy (non-hydrogen) atoms. The third-order valence-electron chi connectivity index (χ3n) is 9.76. The predicted octanol–water partition coefficient (Wildman–Crippen LogP) is 4.38. The van der Waals surface area contributed by atoms with Gasteiger partial charge in [-0.15, -0.1) is 0 Å². The highest BCUT2D eigenvalue weighted by atomic mass is 16.5. The maximum absolute atomic E-state index is 13.5. The summed E-state index contributed by atoms with van der Waals surface area (Å²) in [4.78, 5) is 51.3. The van der Waals surface area contributed by atoms with E-state index in [4.69, 9.17) is 30.8 Å². The number of aryl methyl sites for hydroxylation is 5. The summed E-state index contributed by atoms with van der Waals surface area (Å²) < 4.78 is 17.6. The van der Waals surface area contributed by atoms with Crippen molar-refractivity contribution in [3.8, 4) is 11.5 Å². The quantitative estimate of drug-likeness (QED) is 0.0296. The second-order valence-corrected chi connectivity index (χ2v) is 14.5. The van der Waals surface area contributed by atoms with E-state index >= 15 is 0 Å². The van der Waals surface area contributed by atoms with E-state index in [0.29, 0.717) is 54.1 Å². The molecule has 0 saturated carbocycles. The third-order valence-corrected chi connectivity index (χ3v) is 9.76. The van der Waals surface area contributed by atoms with Crippen LogP contribution in [0, 0.1) is 20.8 Å². The van der Waals surface area contributed by atoms with Crippen molar-refractivity contribution in [1.82, 2.24) is 39.9 Å². The van der Waals surface area contributed by atoms with Crippen molar-refractivity contribution in [1.29, 1.82) is 0 Å². The van der Waals surface area contributed by atoms with Gasteiger partial charge in [0.25, 0.3) is 5.91 Å². The topological polar surface area (TPSA) is 270 Å². The van der Waals surface area contributed by atoms with Gasteiger partial charge in [0, 0.05) is 51.3 Å². The number of benzene rings is 2. The molecule has 0 radical (unpaired) electrons. The largest absolute Gasteiger partial charge is 0.494 e. The fourth-order valence-corrected chi connectivity index (χ4v) is 7.08. The van der Waals surface area contributed by atoms with E-state index in [1.54, 1.807) is 33.6 Å². The molecule has 0 saturated heterocycles. The first kappa shape index (κ1) is 51.4. The lowest BCUT2D eigenvalue weighted by atomic mass is 10.1. The molecule has 3 aromatic heterocycles. The average molecular weight is 887 g/mol. The summed E-state index contributed by atoms with van der Waals surface area (Å²) in [6.45, 7) is 19.8. The van der Waals surface area contributed by atoms with Crippen LogP contribution in [0.4, 0.5) is 17.3 Å². The molecule has 3 atom stereocenters. The first-order valence-electron chi connectivity index (χ1n) is 21.2. The van der Waals surface area contributed by atoms with Crippen LogP contribution in [0.5, 0.6) is 11.5 Å². The van der Waals surface area contributed by atoms with Gasteiger partial charge in [0.05, 0.1) is 35.8 Å². The van der Waals surface area contributed by atoms with Crippen LogP contribution < -0.4 is 53.1 Å². The molecule has 0 bridgehead atoms. The molecule has 4 heterocycles. The van der Waals surface area contributed by atoms with Crippen molar-refractivity contribution in [2.75, 3.05) is 36.2 Å². The second kappa shape index (κ2) is 24.6. The van der Waals surface area contributed by atoms with Gasteiger partial charge in [0.2, 0.25) is 18.3 Å². The molecule has 348 valence electrons. The van der Waals surface area contributed by atoms with E-state index in [-0.39, 0.29) is 30.0 Å². The molecule has 5 aromatic rings. The molecule has 20 nitrogen and oxygen atoms in total. The summed E-state index contributed by atoms with van der Waals surface area (Å²) in [6.07, 6.45) is 5.09. The maximum Gasteiger partial charge on any atom is 0.272 e. The SMILES string of the molecule is CC.CCn1nc(C)cc1C(=O)NC1Nc2cc(C(N)=O)cc(OC)c2N1C/C=C/Cn1c(NC)nc2cc(C)cc(OC(C)CC(C)NN)c21.CCn1nc(C)cc1C=O.NC=O.